The summed E-state index contributed by atoms with van der Waals surface area (Å²) in [7, 11) is 0. The third-order valence-electron chi connectivity index (χ3n) is 4.66. The molecule has 1 aromatic heterocycles. The van der Waals surface area contributed by atoms with Gasteiger partial charge in [0, 0.05) is 5.69 Å². The third-order valence-corrected chi connectivity index (χ3v) is 4.66. The van der Waals surface area contributed by atoms with Crippen molar-refractivity contribution in [1.29, 1.82) is 0 Å². The van der Waals surface area contributed by atoms with Crippen LogP contribution < -0.4 is 0 Å². The molecule has 3 rings (SSSR count). The molecule has 0 amide bonds. The number of rotatable bonds is 2. The Morgan fingerprint density at radius 1 is 1.11 bits per heavy atom. The van der Waals surface area contributed by atoms with E-state index >= 15 is 0 Å². The molecule has 2 aliphatic rings. The highest BCUT2D eigenvalue weighted by Crippen LogP contribution is 2.31. The lowest BCUT2D eigenvalue weighted by atomic mass is 9.84. The summed E-state index contributed by atoms with van der Waals surface area (Å²) >= 11 is 0. The zero-order chi connectivity index (χ0) is 12.6. The summed E-state index contributed by atoms with van der Waals surface area (Å²) in [6.07, 6.45) is 10.4. The maximum atomic E-state index is 10.7. The molecular formula is C15H24N2O. The molecule has 0 spiro atoms. The summed E-state index contributed by atoms with van der Waals surface area (Å²) in [5, 5.41) is 10.7. The standard InChI is InChI=1S/C15H24N2O/c1-12-16-13-7-3-4-8-14(13)17(12)11-15(18)9-5-2-6-10-15/h18H,2-11H2,1H3. The molecule has 18 heavy (non-hydrogen) atoms. The molecule has 0 aliphatic heterocycles. The van der Waals surface area contributed by atoms with Crippen LogP contribution in [0.2, 0.25) is 0 Å². The van der Waals surface area contributed by atoms with Crippen LogP contribution in [0, 0.1) is 6.92 Å². The lowest BCUT2D eigenvalue weighted by Gasteiger charge is -2.33. The minimum Gasteiger partial charge on any atom is -0.388 e. The molecule has 1 fully saturated rings. The van der Waals surface area contributed by atoms with Crippen molar-refractivity contribution in [1.82, 2.24) is 9.55 Å². The molecule has 100 valence electrons. The number of hydrogen-bond acceptors (Lipinski definition) is 2. The number of hydrogen-bond donors (Lipinski definition) is 1. The van der Waals surface area contributed by atoms with Crippen molar-refractivity contribution in [2.24, 2.45) is 0 Å². The van der Waals surface area contributed by atoms with Gasteiger partial charge in [0.05, 0.1) is 17.8 Å². The smallest absolute Gasteiger partial charge is 0.106 e. The Bertz CT molecular complexity index is 430. The van der Waals surface area contributed by atoms with Gasteiger partial charge in [-0.2, -0.15) is 0 Å². The summed E-state index contributed by atoms with van der Waals surface area (Å²) in [5.74, 6) is 1.10. The first-order valence-electron chi connectivity index (χ1n) is 7.45. The van der Waals surface area contributed by atoms with E-state index in [1.807, 2.05) is 0 Å². The first kappa shape index (κ1) is 12.2. The lowest BCUT2D eigenvalue weighted by molar-refractivity contribution is -0.0125. The lowest BCUT2D eigenvalue weighted by Crippen LogP contribution is -2.37. The fourth-order valence-corrected chi connectivity index (χ4v) is 3.61. The summed E-state index contributed by atoms with van der Waals surface area (Å²) in [6, 6.07) is 0. The highest BCUT2D eigenvalue weighted by Gasteiger charge is 2.31. The fraction of sp³-hybridized carbons (Fsp3) is 0.800. The molecule has 0 saturated heterocycles. The van der Waals surface area contributed by atoms with Gasteiger partial charge in [-0.15, -0.1) is 0 Å². The number of aliphatic hydroxyl groups is 1. The summed E-state index contributed by atoms with van der Waals surface area (Å²) in [5.41, 5.74) is 2.21. The van der Waals surface area contributed by atoms with E-state index in [0.29, 0.717) is 0 Å². The molecule has 0 bridgehead atoms. The predicted octanol–water partition coefficient (Wildman–Crippen LogP) is 2.77. The van der Waals surface area contributed by atoms with E-state index in [0.717, 1.165) is 38.1 Å². The number of aryl methyl sites for hydroxylation is 2. The first-order chi connectivity index (χ1) is 8.68. The van der Waals surface area contributed by atoms with Gasteiger partial charge in [0.15, 0.2) is 0 Å². The molecule has 0 aromatic carbocycles. The van der Waals surface area contributed by atoms with Crippen LogP contribution >= 0.6 is 0 Å². The van der Waals surface area contributed by atoms with Crippen LogP contribution in [0.3, 0.4) is 0 Å². The van der Waals surface area contributed by atoms with E-state index in [4.69, 9.17) is 4.98 Å². The van der Waals surface area contributed by atoms with Crippen molar-refractivity contribution < 1.29 is 5.11 Å². The minimum absolute atomic E-state index is 0.477. The average Bonchev–Trinajstić information content (AvgIpc) is 2.67. The Morgan fingerprint density at radius 2 is 1.83 bits per heavy atom. The molecule has 0 atom stereocenters. The highest BCUT2D eigenvalue weighted by molar-refractivity contribution is 5.20. The molecule has 1 saturated carbocycles. The van der Waals surface area contributed by atoms with Crippen molar-refractivity contribution in [2.45, 2.75) is 76.9 Å². The van der Waals surface area contributed by atoms with Crippen molar-refractivity contribution in [3.63, 3.8) is 0 Å². The Balaban J connectivity index is 1.85. The summed E-state index contributed by atoms with van der Waals surface area (Å²) < 4.78 is 2.31. The molecule has 3 nitrogen and oxygen atoms in total. The number of fused-ring (bicyclic) bond motifs is 1. The zero-order valence-corrected chi connectivity index (χ0v) is 11.4. The van der Waals surface area contributed by atoms with E-state index in [1.165, 1.54) is 43.5 Å². The zero-order valence-electron chi connectivity index (χ0n) is 11.4. The van der Waals surface area contributed by atoms with Crippen LogP contribution in [0.25, 0.3) is 0 Å². The van der Waals surface area contributed by atoms with Crippen LogP contribution in [0.1, 0.15) is 62.2 Å². The van der Waals surface area contributed by atoms with Gasteiger partial charge < -0.3 is 9.67 Å². The molecule has 0 radical (unpaired) electrons. The first-order valence-corrected chi connectivity index (χ1v) is 7.45. The Morgan fingerprint density at radius 3 is 2.61 bits per heavy atom. The van der Waals surface area contributed by atoms with Crippen LogP contribution in [-0.2, 0) is 19.4 Å². The molecule has 1 aromatic rings. The molecular weight excluding hydrogens is 224 g/mol. The second-order valence-corrected chi connectivity index (χ2v) is 6.13. The second-order valence-electron chi connectivity index (χ2n) is 6.13. The van der Waals surface area contributed by atoms with E-state index < -0.39 is 5.60 Å². The Hall–Kier alpha value is -0.830. The molecule has 3 heteroatoms. The number of imidazole rings is 1. The van der Waals surface area contributed by atoms with Crippen molar-refractivity contribution in [3.8, 4) is 0 Å². The Labute approximate surface area is 109 Å². The normalized spacial score (nSPS) is 22.8. The maximum absolute atomic E-state index is 10.7. The van der Waals surface area contributed by atoms with Crippen LogP contribution in [0.4, 0.5) is 0 Å². The van der Waals surface area contributed by atoms with Gasteiger partial charge in [0.2, 0.25) is 0 Å². The minimum atomic E-state index is -0.477. The Kier molecular flexibility index (Phi) is 3.18. The maximum Gasteiger partial charge on any atom is 0.106 e. The van der Waals surface area contributed by atoms with Crippen molar-refractivity contribution in [3.05, 3.63) is 17.2 Å². The fourth-order valence-electron chi connectivity index (χ4n) is 3.61. The highest BCUT2D eigenvalue weighted by atomic mass is 16.3. The topological polar surface area (TPSA) is 38.0 Å². The van der Waals surface area contributed by atoms with Gasteiger partial charge in [-0.3, -0.25) is 0 Å². The number of nitrogens with zero attached hydrogens (tertiary/aromatic N) is 2. The molecule has 1 N–H and O–H groups in total. The van der Waals surface area contributed by atoms with Gasteiger partial charge in [0.25, 0.3) is 0 Å². The van der Waals surface area contributed by atoms with Gasteiger partial charge in [0.1, 0.15) is 5.82 Å². The average molecular weight is 248 g/mol. The molecule has 1 heterocycles. The van der Waals surface area contributed by atoms with Crippen LogP contribution in [0.15, 0.2) is 0 Å². The monoisotopic (exact) mass is 248 g/mol. The second kappa shape index (κ2) is 4.69. The number of aromatic nitrogens is 2. The quantitative estimate of drug-likeness (QED) is 0.874. The molecule has 2 aliphatic carbocycles. The van der Waals surface area contributed by atoms with Crippen LogP contribution in [0.5, 0.6) is 0 Å². The van der Waals surface area contributed by atoms with E-state index in [2.05, 4.69) is 11.5 Å². The third kappa shape index (κ3) is 2.20. The largest absolute Gasteiger partial charge is 0.388 e. The molecule has 0 unspecified atom stereocenters. The van der Waals surface area contributed by atoms with E-state index in [1.54, 1.807) is 0 Å². The van der Waals surface area contributed by atoms with Gasteiger partial charge >= 0.3 is 0 Å². The van der Waals surface area contributed by atoms with Crippen molar-refractivity contribution in [2.75, 3.05) is 0 Å². The SMILES string of the molecule is Cc1nc2c(n1CC1(O)CCCCC1)CCCC2. The van der Waals surface area contributed by atoms with Crippen molar-refractivity contribution >= 4 is 0 Å². The van der Waals surface area contributed by atoms with Gasteiger partial charge in [-0.1, -0.05) is 19.3 Å². The van der Waals surface area contributed by atoms with E-state index in [-0.39, 0.29) is 0 Å². The predicted molar refractivity (Wildman–Crippen MR) is 71.6 cm³/mol. The summed E-state index contributed by atoms with van der Waals surface area (Å²) in [6.45, 7) is 2.85. The summed E-state index contributed by atoms with van der Waals surface area (Å²) in [4.78, 5) is 4.70. The van der Waals surface area contributed by atoms with Crippen LogP contribution in [-0.4, -0.2) is 20.3 Å². The van der Waals surface area contributed by atoms with Gasteiger partial charge in [-0.05, 0) is 45.4 Å². The van der Waals surface area contributed by atoms with Gasteiger partial charge in [-0.25, -0.2) is 4.98 Å². The van der Waals surface area contributed by atoms with E-state index in [9.17, 15) is 5.11 Å².